The van der Waals surface area contributed by atoms with E-state index in [1.807, 2.05) is 19.2 Å². The summed E-state index contributed by atoms with van der Waals surface area (Å²) in [5.74, 6) is 1.64. The minimum absolute atomic E-state index is 0. The number of hydrogen-bond donors (Lipinski definition) is 1. The lowest BCUT2D eigenvalue weighted by Gasteiger charge is -2.38. The van der Waals surface area contributed by atoms with Crippen molar-refractivity contribution >= 4 is 35.6 Å². The van der Waals surface area contributed by atoms with Crippen molar-refractivity contribution in [2.24, 2.45) is 10.9 Å². The number of para-hydroxylation sites is 1. The number of anilines is 1. The van der Waals surface area contributed by atoms with E-state index >= 15 is 0 Å². The van der Waals surface area contributed by atoms with E-state index in [0.29, 0.717) is 11.7 Å². The van der Waals surface area contributed by atoms with Crippen LogP contribution in [0.3, 0.4) is 0 Å². The van der Waals surface area contributed by atoms with E-state index in [0.717, 1.165) is 44.6 Å². The summed E-state index contributed by atoms with van der Waals surface area (Å²) in [5, 5.41) is 3.55. The Hall–Kier alpha value is -1.09. The Morgan fingerprint density at radius 3 is 2.42 bits per heavy atom. The molecule has 7 heteroatoms. The molecule has 1 unspecified atom stereocenters. The predicted octanol–water partition coefficient (Wildman–Crippen LogP) is 2.48. The van der Waals surface area contributed by atoms with E-state index in [9.17, 15) is 4.39 Å². The molecular weight excluding hydrogens is 444 g/mol. The highest BCUT2D eigenvalue weighted by atomic mass is 127. The van der Waals surface area contributed by atoms with Crippen LogP contribution < -0.4 is 10.2 Å². The van der Waals surface area contributed by atoms with Crippen molar-refractivity contribution in [2.45, 2.75) is 18.9 Å². The van der Waals surface area contributed by atoms with Crippen LogP contribution in [0.5, 0.6) is 0 Å². The highest BCUT2D eigenvalue weighted by Crippen LogP contribution is 2.34. The smallest absolute Gasteiger partial charge is 0.193 e. The van der Waals surface area contributed by atoms with E-state index in [1.165, 1.54) is 18.9 Å². The van der Waals surface area contributed by atoms with Crippen molar-refractivity contribution < 1.29 is 4.39 Å². The van der Waals surface area contributed by atoms with Crippen LogP contribution in [0, 0.1) is 11.7 Å². The Morgan fingerprint density at radius 1 is 1.23 bits per heavy atom. The molecule has 26 heavy (non-hydrogen) atoms. The van der Waals surface area contributed by atoms with Gasteiger partial charge in [0.2, 0.25) is 0 Å². The lowest BCUT2D eigenvalue weighted by atomic mass is 10.1. The largest absolute Gasteiger partial charge is 0.366 e. The van der Waals surface area contributed by atoms with Crippen LogP contribution in [0.1, 0.15) is 12.8 Å². The highest BCUT2D eigenvalue weighted by Gasteiger charge is 2.33. The number of nitrogens with zero attached hydrogens (tertiary/aromatic N) is 4. The molecule has 0 amide bonds. The Balaban J connectivity index is 0.00000243. The molecule has 0 bridgehead atoms. The SMILES string of the molecule is CN=C(NCC(C1CC1)N(C)C)N1CCN(c2ccccc2F)CC1.I. The number of guanidine groups is 1. The van der Waals surface area contributed by atoms with Gasteiger partial charge >= 0.3 is 0 Å². The van der Waals surface area contributed by atoms with Gasteiger partial charge in [-0.15, -0.1) is 24.0 Å². The van der Waals surface area contributed by atoms with E-state index < -0.39 is 0 Å². The van der Waals surface area contributed by atoms with Crippen molar-refractivity contribution in [3.05, 3.63) is 30.1 Å². The molecule has 2 aliphatic rings. The number of rotatable bonds is 5. The van der Waals surface area contributed by atoms with Crippen LogP contribution in [-0.4, -0.2) is 75.7 Å². The quantitative estimate of drug-likeness (QED) is 0.403. The molecule has 1 saturated heterocycles. The monoisotopic (exact) mass is 475 g/mol. The Bertz CT molecular complexity index is 595. The molecule has 0 spiro atoms. The molecule has 1 heterocycles. The standard InChI is InChI=1S/C19H30FN5.HI/c1-21-19(22-14-18(23(2)3)15-8-9-15)25-12-10-24(11-13-25)17-7-5-4-6-16(17)20;/h4-7,15,18H,8-14H2,1-3H3,(H,21,22);1H. The van der Waals surface area contributed by atoms with Gasteiger partial charge in [0.25, 0.3) is 0 Å². The van der Waals surface area contributed by atoms with Gasteiger partial charge in [-0.1, -0.05) is 12.1 Å². The third-order valence-corrected chi connectivity index (χ3v) is 5.28. The highest BCUT2D eigenvalue weighted by molar-refractivity contribution is 14.0. The number of piperazine rings is 1. The molecule has 1 aliphatic carbocycles. The summed E-state index contributed by atoms with van der Waals surface area (Å²) in [6, 6.07) is 7.58. The van der Waals surface area contributed by atoms with Gasteiger partial charge in [-0.05, 0) is 45.0 Å². The molecule has 1 atom stereocenters. The van der Waals surface area contributed by atoms with Gasteiger partial charge in [-0.3, -0.25) is 4.99 Å². The van der Waals surface area contributed by atoms with Crippen molar-refractivity contribution in [2.75, 3.05) is 58.8 Å². The van der Waals surface area contributed by atoms with Gasteiger partial charge in [0.15, 0.2) is 5.96 Å². The van der Waals surface area contributed by atoms with Crippen molar-refractivity contribution in [1.29, 1.82) is 0 Å². The zero-order valence-electron chi connectivity index (χ0n) is 16.0. The summed E-state index contributed by atoms with van der Waals surface area (Å²) in [7, 11) is 6.15. The van der Waals surface area contributed by atoms with Crippen LogP contribution in [0.4, 0.5) is 10.1 Å². The normalized spacial score (nSPS) is 19.3. The molecule has 0 radical (unpaired) electrons. The van der Waals surface area contributed by atoms with Crippen LogP contribution in [-0.2, 0) is 0 Å². The average Bonchev–Trinajstić information content (AvgIpc) is 3.44. The van der Waals surface area contributed by atoms with Gasteiger partial charge < -0.3 is 20.0 Å². The molecule has 3 rings (SSSR count). The third-order valence-electron chi connectivity index (χ3n) is 5.28. The Labute approximate surface area is 173 Å². The van der Waals surface area contributed by atoms with Gasteiger partial charge in [0.05, 0.1) is 5.69 Å². The van der Waals surface area contributed by atoms with Gasteiger partial charge in [-0.25, -0.2) is 4.39 Å². The summed E-state index contributed by atoms with van der Waals surface area (Å²) >= 11 is 0. The number of hydrogen-bond acceptors (Lipinski definition) is 3. The first-order valence-corrected chi connectivity index (χ1v) is 9.21. The second kappa shape index (κ2) is 9.73. The third kappa shape index (κ3) is 5.22. The van der Waals surface area contributed by atoms with Crippen molar-refractivity contribution in [3.63, 3.8) is 0 Å². The van der Waals surface area contributed by atoms with Crippen LogP contribution in [0.2, 0.25) is 0 Å². The van der Waals surface area contributed by atoms with E-state index in [1.54, 1.807) is 6.07 Å². The summed E-state index contributed by atoms with van der Waals surface area (Å²) in [4.78, 5) is 11.2. The number of aliphatic imine (C=N–C) groups is 1. The molecule has 1 N–H and O–H groups in total. The Kier molecular flexibility index (Phi) is 7.94. The van der Waals surface area contributed by atoms with Gasteiger partial charge in [0, 0.05) is 45.8 Å². The van der Waals surface area contributed by atoms with E-state index in [4.69, 9.17) is 0 Å². The predicted molar refractivity (Wildman–Crippen MR) is 117 cm³/mol. The fraction of sp³-hybridized carbons (Fsp3) is 0.632. The minimum atomic E-state index is -0.142. The zero-order chi connectivity index (χ0) is 17.8. The maximum atomic E-state index is 14.0. The topological polar surface area (TPSA) is 34.1 Å². The summed E-state index contributed by atoms with van der Waals surface area (Å²) in [5.41, 5.74) is 0.700. The zero-order valence-corrected chi connectivity index (χ0v) is 18.3. The molecule has 1 aromatic carbocycles. The lowest BCUT2D eigenvalue weighted by molar-refractivity contribution is 0.260. The van der Waals surface area contributed by atoms with Crippen LogP contribution in [0.25, 0.3) is 0 Å². The summed E-state index contributed by atoms with van der Waals surface area (Å²) in [6.45, 7) is 4.24. The van der Waals surface area contributed by atoms with Crippen LogP contribution in [0.15, 0.2) is 29.3 Å². The molecule has 5 nitrogen and oxygen atoms in total. The number of halogens is 2. The summed E-state index contributed by atoms with van der Waals surface area (Å²) < 4.78 is 14.0. The molecule has 1 saturated carbocycles. The lowest BCUT2D eigenvalue weighted by Crippen LogP contribution is -2.54. The first-order valence-electron chi connectivity index (χ1n) is 9.21. The number of benzene rings is 1. The van der Waals surface area contributed by atoms with Crippen molar-refractivity contribution in [1.82, 2.24) is 15.1 Å². The molecule has 146 valence electrons. The fourth-order valence-electron chi connectivity index (χ4n) is 3.65. The van der Waals surface area contributed by atoms with Crippen molar-refractivity contribution in [3.8, 4) is 0 Å². The minimum Gasteiger partial charge on any atom is -0.366 e. The van der Waals surface area contributed by atoms with Gasteiger partial charge in [0.1, 0.15) is 5.82 Å². The van der Waals surface area contributed by atoms with Gasteiger partial charge in [-0.2, -0.15) is 0 Å². The molecule has 1 aromatic rings. The number of nitrogens with one attached hydrogen (secondary N) is 1. The Morgan fingerprint density at radius 2 is 1.88 bits per heavy atom. The molecule has 0 aromatic heterocycles. The maximum absolute atomic E-state index is 14.0. The summed E-state index contributed by atoms with van der Waals surface area (Å²) in [6.07, 6.45) is 2.68. The van der Waals surface area contributed by atoms with E-state index in [-0.39, 0.29) is 29.8 Å². The second-order valence-corrected chi connectivity index (χ2v) is 7.22. The molecular formula is C19H31FIN5. The molecule has 1 aliphatic heterocycles. The number of likely N-dealkylation sites (N-methyl/N-ethyl adjacent to an activating group) is 1. The first kappa shape index (κ1) is 21.2. The van der Waals surface area contributed by atoms with Crippen LogP contribution >= 0.6 is 24.0 Å². The first-order chi connectivity index (χ1) is 12.1. The van der Waals surface area contributed by atoms with E-state index in [2.05, 4.69) is 39.1 Å². The fourth-order valence-corrected chi connectivity index (χ4v) is 3.65. The second-order valence-electron chi connectivity index (χ2n) is 7.22. The maximum Gasteiger partial charge on any atom is 0.193 e. The molecule has 2 fully saturated rings. The average molecular weight is 475 g/mol.